The van der Waals surface area contributed by atoms with Gasteiger partial charge in [-0.2, -0.15) is 0 Å². The van der Waals surface area contributed by atoms with Gasteiger partial charge in [0.2, 0.25) is 0 Å². The van der Waals surface area contributed by atoms with Gasteiger partial charge in [-0.25, -0.2) is 0 Å². The normalized spacial score (nSPS) is 17.6. The number of fused-ring (bicyclic) bond motifs is 1. The van der Waals surface area contributed by atoms with E-state index in [1.54, 1.807) is 11.3 Å². The average Bonchev–Trinajstić information content (AvgIpc) is 2.78. The predicted octanol–water partition coefficient (Wildman–Crippen LogP) is 3.16. The standard InChI is InChI=1S/C16H21N3S/c1-16(2,3)17-9-8-14-18-19-15(20-14)13-10-11-6-4-5-7-12(11)13/h4-7,13,17H,8-10H2,1-3H3. The summed E-state index contributed by atoms with van der Waals surface area (Å²) >= 11 is 1.77. The molecule has 0 saturated carbocycles. The molecular formula is C16H21N3S. The second-order valence-electron chi connectivity index (χ2n) is 6.42. The number of hydrogen-bond donors (Lipinski definition) is 1. The zero-order valence-electron chi connectivity index (χ0n) is 12.3. The molecule has 1 N–H and O–H groups in total. The molecule has 0 bridgehead atoms. The summed E-state index contributed by atoms with van der Waals surface area (Å²) in [5.74, 6) is 0.480. The zero-order chi connectivity index (χ0) is 14.2. The lowest BCUT2D eigenvalue weighted by Crippen LogP contribution is -2.37. The summed E-state index contributed by atoms with van der Waals surface area (Å²) in [4.78, 5) is 0. The molecule has 0 amide bonds. The summed E-state index contributed by atoms with van der Waals surface area (Å²) in [5, 5.41) is 14.5. The average molecular weight is 287 g/mol. The maximum absolute atomic E-state index is 4.39. The molecule has 3 nitrogen and oxygen atoms in total. The molecule has 1 atom stereocenters. The lowest BCUT2D eigenvalue weighted by atomic mass is 9.78. The van der Waals surface area contributed by atoms with Crippen LogP contribution in [0.2, 0.25) is 0 Å². The summed E-state index contributed by atoms with van der Waals surface area (Å²) in [5.41, 5.74) is 3.06. The Bertz CT molecular complexity index is 598. The predicted molar refractivity (Wildman–Crippen MR) is 83.4 cm³/mol. The number of nitrogens with zero attached hydrogens (tertiary/aromatic N) is 2. The van der Waals surface area contributed by atoms with Crippen LogP contribution < -0.4 is 5.32 Å². The van der Waals surface area contributed by atoms with Gasteiger partial charge < -0.3 is 5.32 Å². The molecule has 20 heavy (non-hydrogen) atoms. The first-order chi connectivity index (χ1) is 9.53. The van der Waals surface area contributed by atoms with Crippen molar-refractivity contribution in [3.63, 3.8) is 0 Å². The Balaban J connectivity index is 1.61. The lowest BCUT2D eigenvalue weighted by molar-refractivity contribution is 0.429. The molecule has 0 radical (unpaired) electrons. The Morgan fingerprint density at radius 1 is 1.25 bits per heavy atom. The summed E-state index contributed by atoms with van der Waals surface area (Å²) in [6.07, 6.45) is 2.08. The molecule has 0 spiro atoms. The van der Waals surface area contributed by atoms with E-state index in [9.17, 15) is 0 Å². The van der Waals surface area contributed by atoms with Crippen molar-refractivity contribution in [1.82, 2.24) is 15.5 Å². The van der Waals surface area contributed by atoms with Crippen molar-refractivity contribution in [3.8, 4) is 0 Å². The van der Waals surface area contributed by atoms with E-state index in [1.165, 1.54) is 16.1 Å². The molecule has 0 saturated heterocycles. The van der Waals surface area contributed by atoms with Crippen LogP contribution in [0.1, 0.15) is 47.8 Å². The molecule has 1 aliphatic rings. The minimum absolute atomic E-state index is 0.167. The Morgan fingerprint density at radius 3 is 2.80 bits per heavy atom. The molecule has 1 unspecified atom stereocenters. The number of hydrogen-bond acceptors (Lipinski definition) is 4. The van der Waals surface area contributed by atoms with Gasteiger partial charge in [0.25, 0.3) is 0 Å². The van der Waals surface area contributed by atoms with Crippen LogP contribution >= 0.6 is 11.3 Å². The maximum Gasteiger partial charge on any atom is 0.125 e. The third-order valence-electron chi connectivity index (χ3n) is 3.63. The van der Waals surface area contributed by atoms with Gasteiger partial charge in [0.1, 0.15) is 10.0 Å². The molecule has 0 fully saturated rings. The van der Waals surface area contributed by atoms with E-state index in [0.717, 1.165) is 24.4 Å². The van der Waals surface area contributed by atoms with Crippen LogP contribution in [0.4, 0.5) is 0 Å². The van der Waals surface area contributed by atoms with E-state index in [0.29, 0.717) is 5.92 Å². The van der Waals surface area contributed by atoms with E-state index in [1.807, 2.05) is 0 Å². The summed E-state index contributed by atoms with van der Waals surface area (Å²) < 4.78 is 0. The van der Waals surface area contributed by atoms with Crippen LogP contribution in [-0.4, -0.2) is 22.3 Å². The van der Waals surface area contributed by atoms with Gasteiger partial charge in [0.05, 0.1) is 0 Å². The second-order valence-corrected chi connectivity index (χ2v) is 7.51. The van der Waals surface area contributed by atoms with Crippen molar-refractivity contribution in [1.29, 1.82) is 0 Å². The van der Waals surface area contributed by atoms with Crippen LogP contribution in [0.5, 0.6) is 0 Å². The lowest BCUT2D eigenvalue weighted by Gasteiger charge is -2.27. The minimum Gasteiger partial charge on any atom is -0.312 e. The molecule has 3 rings (SSSR count). The van der Waals surface area contributed by atoms with E-state index < -0.39 is 0 Å². The largest absolute Gasteiger partial charge is 0.312 e. The Hall–Kier alpha value is -1.26. The molecule has 1 aliphatic carbocycles. The van der Waals surface area contributed by atoms with Gasteiger partial charge >= 0.3 is 0 Å². The van der Waals surface area contributed by atoms with Gasteiger partial charge in [0.15, 0.2) is 0 Å². The third-order valence-corrected chi connectivity index (χ3v) is 4.73. The minimum atomic E-state index is 0.167. The van der Waals surface area contributed by atoms with Crippen LogP contribution in [0.3, 0.4) is 0 Å². The SMILES string of the molecule is CC(C)(C)NCCc1nnc(C2Cc3ccccc32)s1. The topological polar surface area (TPSA) is 37.8 Å². The highest BCUT2D eigenvalue weighted by molar-refractivity contribution is 7.11. The van der Waals surface area contributed by atoms with E-state index >= 15 is 0 Å². The third kappa shape index (κ3) is 2.91. The number of benzene rings is 1. The first-order valence-corrected chi connectivity index (χ1v) is 8.00. The monoisotopic (exact) mass is 287 g/mol. The van der Waals surface area contributed by atoms with Crippen molar-refractivity contribution < 1.29 is 0 Å². The van der Waals surface area contributed by atoms with Crippen molar-refractivity contribution in [3.05, 3.63) is 45.4 Å². The highest BCUT2D eigenvalue weighted by atomic mass is 32.1. The molecule has 1 heterocycles. The molecule has 1 aromatic carbocycles. The zero-order valence-corrected chi connectivity index (χ0v) is 13.1. The summed E-state index contributed by atoms with van der Waals surface area (Å²) in [7, 11) is 0. The van der Waals surface area contributed by atoms with Crippen LogP contribution in [-0.2, 0) is 12.8 Å². The smallest absolute Gasteiger partial charge is 0.125 e. The fourth-order valence-electron chi connectivity index (χ4n) is 2.53. The highest BCUT2D eigenvalue weighted by Gasteiger charge is 2.29. The van der Waals surface area contributed by atoms with Gasteiger partial charge in [-0.15, -0.1) is 21.5 Å². The van der Waals surface area contributed by atoms with Crippen molar-refractivity contribution >= 4 is 11.3 Å². The highest BCUT2D eigenvalue weighted by Crippen LogP contribution is 2.40. The Morgan fingerprint density at radius 2 is 2.05 bits per heavy atom. The Kier molecular flexibility index (Phi) is 3.61. The van der Waals surface area contributed by atoms with Crippen molar-refractivity contribution in [2.45, 2.75) is 45.1 Å². The van der Waals surface area contributed by atoms with Crippen LogP contribution in [0, 0.1) is 0 Å². The van der Waals surface area contributed by atoms with Gasteiger partial charge in [-0.05, 0) is 38.3 Å². The molecule has 106 valence electrons. The van der Waals surface area contributed by atoms with E-state index in [4.69, 9.17) is 0 Å². The molecular weight excluding hydrogens is 266 g/mol. The fourth-order valence-corrected chi connectivity index (χ4v) is 3.49. The van der Waals surface area contributed by atoms with Gasteiger partial charge in [-0.3, -0.25) is 0 Å². The molecule has 4 heteroatoms. The van der Waals surface area contributed by atoms with Crippen LogP contribution in [0.25, 0.3) is 0 Å². The molecule has 0 aliphatic heterocycles. The van der Waals surface area contributed by atoms with Gasteiger partial charge in [0, 0.05) is 24.4 Å². The van der Waals surface area contributed by atoms with Crippen LogP contribution in [0.15, 0.2) is 24.3 Å². The second kappa shape index (κ2) is 5.26. The molecule has 2 aromatic rings. The number of nitrogens with one attached hydrogen (secondary N) is 1. The van der Waals surface area contributed by atoms with Crippen molar-refractivity contribution in [2.24, 2.45) is 0 Å². The summed E-state index contributed by atoms with van der Waals surface area (Å²) in [6, 6.07) is 8.64. The molecule has 1 aromatic heterocycles. The quantitative estimate of drug-likeness (QED) is 0.938. The first-order valence-electron chi connectivity index (χ1n) is 7.18. The fraction of sp³-hybridized carbons (Fsp3) is 0.500. The summed E-state index contributed by atoms with van der Waals surface area (Å²) in [6.45, 7) is 7.51. The Labute approximate surface area is 124 Å². The maximum atomic E-state index is 4.39. The van der Waals surface area contributed by atoms with Gasteiger partial charge in [-0.1, -0.05) is 24.3 Å². The van der Waals surface area contributed by atoms with Crippen molar-refractivity contribution in [2.75, 3.05) is 6.54 Å². The first kappa shape index (κ1) is 13.7. The number of aromatic nitrogens is 2. The van der Waals surface area contributed by atoms with E-state index in [-0.39, 0.29) is 5.54 Å². The number of rotatable bonds is 4. The van der Waals surface area contributed by atoms with E-state index in [2.05, 4.69) is 60.6 Å².